The summed E-state index contributed by atoms with van der Waals surface area (Å²) in [5.74, 6) is 1.94. The summed E-state index contributed by atoms with van der Waals surface area (Å²) < 4.78 is 4.86. The zero-order chi connectivity index (χ0) is 35.6. The molecule has 8 aromatic carbocycles. The Morgan fingerprint density at radius 2 is 0.944 bits per heavy atom. The highest BCUT2D eigenvalue weighted by Crippen LogP contribution is 2.45. The molecule has 0 amide bonds. The van der Waals surface area contributed by atoms with Crippen LogP contribution in [0.25, 0.3) is 104 Å². The van der Waals surface area contributed by atoms with E-state index in [1.165, 1.54) is 52.9 Å². The first-order chi connectivity index (χ1) is 26.8. The van der Waals surface area contributed by atoms with Gasteiger partial charge in [-0.05, 0) is 58.3 Å². The first-order valence-electron chi connectivity index (χ1n) is 18.1. The lowest BCUT2D eigenvalue weighted by atomic mass is 10.0. The summed E-state index contributed by atoms with van der Waals surface area (Å²) in [6.45, 7) is 0. The van der Waals surface area contributed by atoms with E-state index in [0.717, 1.165) is 33.3 Å². The van der Waals surface area contributed by atoms with Gasteiger partial charge in [0.15, 0.2) is 17.5 Å². The molecule has 11 rings (SSSR count). The summed E-state index contributed by atoms with van der Waals surface area (Å²) in [6, 6.07) is 64.4. The van der Waals surface area contributed by atoms with Gasteiger partial charge in [0.25, 0.3) is 0 Å². The van der Waals surface area contributed by atoms with Crippen molar-refractivity contribution in [2.75, 3.05) is 0 Å². The van der Waals surface area contributed by atoms with Crippen molar-refractivity contribution in [2.45, 2.75) is 0 Å². The molecule has 54 heavy (non-hydrogen) atoms. The zero-order valence-electron chi connectivity index (χ0n) is 29.0. The van der Waals surface area contributed by atoms with Crippen molar-refractivity contribution in [3.63, 3.8) is 0 Å². The number of thiophene rings is 1. The van der Waals surface area contributed by atoms with Crippen molar-refractivity contribution in [3.8, 4) is 51.0 Å². The van der Waals surface area contributed by atoms with Crippen LogP contribution >= 0.6 is 11.3 Å². The first-order valence-corrected chi connectivity index (χ1v) is 18.9. The van der Waals surface area contributed by atoms with Gasteiger partial charge in [-0.1, -0.05) is 146 Å². The third kappa shape index (κ3) is 4.94. The molecular formula is C49H30N4S. The topological polar surface area (TPSA) is 43.6 Å². The van der Waals surface area contributed by atoms with Crippen LogP contribution in [-0.2, 0) is 0 Å². The summed E-state index contributed by atoms with van der Waals surface area (Å²) in [4.78, 5) is 15.5. The predicted molar refractivity (Wildman–Crippen MR) is 226 cm³/mol. The molecule has 0 unspecified atom stereocenters. The van der Waals surface area contributed by atoms with E-state index >= 15 is 0 Å². The molecule has 3 aromatic heterocycles. The van der Waals surface area contributed by atoms with Crippen LogP contribution in [0.15, 0.2) is 182 Å². The second-order valence-corrected chi connectivity index (χ2v) is 14.7. The highest BCUT2D eigenvalue weighted by atomic mass is 32.1. The number of nitrogens with zero attached hydrogens (tertiary/aromatic N) is 4. The SMILES string of the molecule is c1ccc(-c2ccc(-c3nc(-c4ccccc4)nc(-c4ccc(-n5c6ccccc6c6cc7ccccc7cc65)c5sc6ccccc6c45)n3)cc2)cc1. The number of hydrogen-bond acceptors (Lipinski definition) is 4. The highest BCUT2D eigenvalue weighted by Gasteiger charge is 2.22. The molecule has 0 N–H and O–H groups in total. The van der Waals surface area contributed by atoms with Crippen molar-refractivity contribution in [1.29, 1.82) is 0 Å². The van der Waals surface area contributed by atoms with E-state index in [1.807, 2.05) is 35.6 Å². The first kappa shape index (κ1) is 30.7. The average Bonchev–Trinajstić information content (AvgIpc) is 3.79. The summed E-state index contributed by atoms with van der Waals surface area (Å²) in [5.41, 5.74) is 8.71. The summed E-state index contributed by atoms with van der Waals surface area (Å²) in [5, 5.41) is 7.29. The van der Waals surface area contributed by atoms with Gasteiger partial charge in [-0.15, -0.1) is 11.3 Å². The molecule has 0 aliphatic carbocycles. The summed E-state index contributed by atoms with van der Waals surface area (Å²) in [7, 11) is 0. The molecule has 252 valence electrons. The van der Waals surface area contributed by atoms with Gasteiger partial charge in [0.05, 0.1) is 21.4 Å². The fourth-order valence-electron chi connectivity index (χ4n) is 7.88. The van der Waals surface area contributed by atoms with Gasteiger partial charge in [0, 0.05) is 42.9 Å². The van der Waals surface area contributed by atoms with E-state index in [2.05, 4.69) is 162 Å². The second kappa shape index (κ2) is 12.3. The molecule has 0 atom stereocenters. The van der Waals surface area contributed by atoms with Crippen LogP contribution in [0.1, 0.15) is 0 Å². The molecule has 5 heteroatoms. The summed E-state index contributed by atoms with van der Waals surface area (Å²) >= 11 is 1.82. The number of rotatable bonds is 5. The van der Waals surface area contributed by atoms with Gasteiger partial charge in [-0.2, -0.15) is 0 Å². The Morgan fingerprint density at radius 3 is 1.70 bits per heavy atom. The van der Waals surface area contributed by atoms with E-state index < -0.39 is 0 Å². The monoisotopic (exact) mass is 706 g/mol. The molecule has 0 fully saturated rings. The van der Waals surface area contributed by atoms with Crippen LogP contribution in [0.3, 0.4) is 0 Å². The van der Waals surface area contributed by atoms with Crippen LogP contribution in [0.4, 0.5) is 0 Å². The molecule has 0 spiro atoms. The Kier molecular flexibility index (Phi) is 7.00. The molecule has 0 aliphatic rings. The van der Waals surface area contributed by atoms with Gasteiger partial charge >= 0.3 is 0 Å². The van der Waals surface area contributed by atoms with E-state index in [1.54, 1.807) is 0 Å². The molecule has 0 aliphatic heterocycles. The van der Waals surface area contributed by atoms with Crippen molar-refractivity contribution in [2.24, 2.45) is 0 Å². The Balaban J connectivity index is 1.17. The molecule has 0 bridgehead atoms. The van der Waals surface area contributed by atoms with Crippen LogP contribution in [0, 0.1) is 0 Å². The number of aromatic nitrogens is 4. The standard InChI is InChI=1S/C49H30N4S/c1-3-13-31(14-4-1)32-23-25-34(26-24-32)48-50-47(33-15-5-2-6-16-33)51-49(52-48)39-27-28-42(46-45(39)38-20-10-12-22-44(38)54-46)53-41-21-11-9-19-37(41)40-29-35-17-7-8-18-36(35)30-43(40)53/h1-30H. The minimum Gasteiger partial charge on any atom is -0.308 e. The third-order valence-corrected chi connectivity index (χ3v) is 11.6. The Labute approximate surface area is 315 Å². The molecule has 11 aromatic rings. The maximum atomic E-state index is 5.24. The van der Waals surface area contributed by atoms with E-state index in [9.17, 15) is 0 Å². The highest BCUT2D eigenvalue weighted by molar-refractivity contribution is 7.26. The molecule has 0 radical (unpaired) electrons. The normalized spacial score (nSPS) is 11.7. The fraction of sp³-hybridized carbons (Fsp3) is 0. The van der Waals surface area contributed by atoms with Crippen molar-refractivity contribution in [3.05, 3.63) is 182 Å². The van der Waals surface area contributed by atoms with Crippen LogP contribution in [-0.4, -0.2) is 19.5 Å². The van der Waals surface area contributed by atoms with Crippen LogP contribution in [0.2, 0.25) is 0 Å². The molecule has 0 saturated heterocycles. The van der Waals surface area contributed by atoms with Crippen molar-refractivity contribution >= 4 is 64.1 Å². The quantitative estimate of drug-likeness (QED) is 0.179. The Hall–Kier alpha value is -6.95. The van der Waals surface area contributed by atoms with Gasteiger partial charge < -0.3 is 4.57 Å². The second-order valence-electron chi connectivity index (χ2n) is 13.6. The zero-order valence-corrected chi connectivity index (χ0v) is 29.8. The average molecular weight is 707 g/mol. The molecule has 4 nitrogen and oxygen atoms in total. The number of hydrogen-bond donors (Lipinski definition) is 0. The van der Waals surface area contributed by atoms with E-state index in [0.29, 0.717) is 17.5 Å². The lowest BCUT2D eigenvalue weighted by molar-refractivity contribution is 1.08. The third-order valence-electron chi connectivity index (χ3n) is 10.4. The minimum atomic E-state index is 0.643. The Bertz CT molecular complexity index is 3200. The summed E-state index contributed by atoms with van der Waals surface area (Å²) in [6.07, 6.45) is 0. The molecular weight excluding hydrogens is 677 g/mol. The van der Waals surface area contributed by atoms with Crippen LogP contribution < -0.4 is 0 Å². The number of para-hydroxylation sites is 1. The van der Waals surface area contributed by atoms with Gasteiger partial charge in [0.1, 0.15) is 0 Å². The lowest BCUT2D eigenvalue weighted by Crippen LogP contribution is -2.01. The van der Waals surface area contributed by atoms with Gasteiger partial charge in [0.2, 0.25) is 0 Å². The van der Waals surface area contributed by atoms with E-state index in [-0.39, 0.29) is 0 Å². The number of fused-ring (bicyclic) bond motifs is 7. The predicted octanol–water partition coefficient (Wildman–Crippen LogP) is 13.2. The molecule has 3 heterocycles. The number of benzene rings is 8. The lowest BCUT2D eigenvalue weighted by Gasteiger charge is -2.13. The molecule has 0 saturated carbocycles. The largest absolute Gasteiger partial charge is 0.308 e. The van der Waals surface area contributed by atoms with Crippen LogP contribution in [0.5, 0.6) is 0 Å². The maximum Gasteiger partial charge on any atom is 0.164 e. The van der Waals surface area contributed by atoms with Crippen molar-refractivity contribution in [1.82, 2.24) is 19.5 Å². The Morgan fingerprint density at radius 1 is 0.389 bits per heavy atom. The van der Waals surface area contributed by atoms with Gasteiger partial charge in [-0.3, -0.25) is 0 Å². The van der Waals surface area contributed by atoms with Gasteiger partial charge in [-0.25, -0.2) is 15.0 Å². The smallest absolute Gasteiger partial charge is 0.164 e. The maximum absolute atomic E-state index is 5.24. The van der Waals surface area contributed by atoms with Crippen molar-refractivity contribution < 1.29 is 0 Å². The minimum absolute atomic E-state index is 0.643. The fourth-order valence-corrected chi connectivity index (χ4v) is 9.11. The van der Waals surface area contributed by atoms with E-state index in [4.69, 9.17) is 15.0 Å².